The van der Waals surface area contributed by atoms with Gasteiger partial charge in [0.15, 0.2) is 0 Å². The number of hydrogen-bond donors (Lipinski definition) is 3. The Kier molecular flexibility index (Phi) is 4.06. The Balaban J connectivity index is 2.75. The number of hydrogen-bond acceptors (Lipinski definition) is 4. The van der Waals surface area contributed by atoms with E-state index in [0.29, 0.717) is 13.0 Å². The van der Waals surface area contributed by atoms with Gasteiger partial charge in [0.1, 0.15) is 6.04 Å². The molecule has 0 radical (unpaired) electrons. The van der Waals surface area contributed by atoms with E-state index in [2.05, 4.69) is 0 Å². The minimum absolute atomic E-state index is 0.114. The number of aliphatic carboxylic acids is 1. The maximum atomic E-state index is 11.9. The van der Waals surface area contributed by atoms with Crippen molar-refractivity contribution in [2.45, 2.75) is 31.8 Å². The van der Waals surface area contributed by atoms with Crippen LogP contribution in [0.2, 0.25) is 0 Å². The fraction of sp³-hybridized carbons (Fsp3) is 0.700. The molecule has 7 heteroatoms. The van der Waals surface area contributed by atoms with Crippen LogP contribution < -0.4 is 11.5 Å². The molecule has 3 atom stereocenters. The van der Waals surface area contributed by atoms with Crippen LogP contribution in [0, 0.1) is 5.92 Å². The molecule has 0 aliphatic carbocycles. The Morgan fingerprint density at radius 1 is 1.47 bits per heavy atom. The van der Waals surface area contributed by atoms with Crippen LogP contribution in [-0.2, 0) is 14.4 Å². The zero-order chi connectivity index (χ0) is 13.2. The third kappa shape index (κ3) is 2.94. The van der Waals surface area contributed by atoms with Crippen molar-refractivity contribution in [3.63, 3.8) is 0 Å². The molecule has 17 heavy (non-hydrogen) atoms. The first-order valence-corrected chi connectivity index (χ1v) is 5.41. The molecule has 1 aliphatic rings. The molecule has 0 saturated carbocycles. The number of primary amides is 1. The first-order valence-electron chi connectivity index (χ1n) is 5.41. The average molecular weight is 243 g/mol. The first-order chi connectivity index (χ1) is 7.84. The van der Waals surface area contributed by atoms with E-state index < -0.39 is 29.9 Å². The largest absolute Gasteiger partial charge is 0.480 e. The number of carbonyl (C=O) groups excluding carboxylic acids is 2. The topological polar surface area (TPSA) is 127 Å². The van der Waals surface area contributed by atoms with E-state index in [9.17, 15) is 14.4 Å². The molecule has 0 aromatic heterocycles. The van der Waals surface area contributed by atoms with Crippen LogP contribution in [0.4, 0.5) is 0 Å². The summed E-state index contributed by atoms with van der Waals surface area (Å²) in [5.41, 5.74) is 10.5. The second-order valence-corrected chi connectivity index (χ2v) is 4.36. The number of likely N-dealkylation sites (tertiary alicyclic amines) is 1. The van der Waals surface area contributed by atoms with Gasteiger partial charge in [-0.15, -0.1) is 0 Å². The van der Waals surface area contributed by atoms with Crippen molar-refractivity contribution < 1.29 is 19.5 Å². The Bertz CT molecular complexity index is 344. The molecule has 96 valence electrons. The summed E-state index contributed by atoms with van der Waals surface area (Å²) in [6.07, 6.45) is 0.349. The lowest BCUT2D eigenvalue weighted by Crippen LogP contribution is -2.50. The van der Waals surface area contributed by atoms with Gasteiger partial charge in [-0.05, 0) is 12.3 Å². The minimum Gasteiger partial charge on any atom is -0.480 e. The van der Waals surface area contributed by atoms with Crippen molar-refractivity contribution in [2.75, 3.05) is 6.54 Å². The molecular weight excluding hydrogens is 226 g/mol. The van der Waals surface area contributed by atoms with Crippen molar-refractivity contribution >= 4 is 17.8 Å². The molecule has 0 aromatic rings. The predicted octanol–water partition coefficient (Wildman–Crippen LogP) is -1.49. The summed E-state index contributed by atoms with van der Waals surface area (Å²) in [4.78, 5) is 34.8. The van der Waals surface area contributed by atoms with Gasteiger partial charge in [-0.1, -0.05) is 6.92 Å². The minimum atomic E-state index is -1.06. The molecule has 1 saturated heterocycles. The van der Waals surface area contributed by atoms with Crippen LogP contribution in [0.15, 0.2) is 0 Å². The van der Waals surface area contributed by atoms with Crippen LogP contribution in [0.3, 0.4) is 0 Å². The maximum absolute atomic E-state index is 11.9. The van der Waals surface area contributed by atoms with Gasteiger partial charge in [-0.25, -0.2) is 4.79 Å². The van der Waals surface area contributed by atoms with Gasteiger partial charge in [0, 0.05) is 6.54 Å². The van der Waals surface area contributed by atoms with Gasteiger partial charge < -0.3 is 21.5 Å². The van der Waals surface area contributed by atoms with Crippen LogP contribution >= 0.6 is 0 Å². The summed E-state index contributed by atoms with van der Waals surface area (Å²) < 4.78 is 0. The van der Waals surface area contributed by atoms with Gasteiger partial charge in [0.05, 0.1) is 12.5 Å². The van der Waals surface area contributed by atoms with Crippen LogP contribution in [0.25, 0.3) is 0 Å². The Morgan fingerprint density at radius 3 is 2.53 bits per heavy atom. The molecule has 7 nitrogen and oxygen atoms in total. The molecule has 1 heterocycles. The van der Waals surface area contributed by atoms with E-state index >= 15 is 0 Å². The summed E-state index contributed by atoms with van der Waals surface area (Å²) >= 11 is 0. The molecule has 1 aliphatic heterocycles. The van der Waals surface area contributed by atoms with E-state index in [1.807, 2.05) is 0 Å². The average Bonchev–Trinajstić information content (AvgIpc) is 2.57. The second kappa shape index (κ2) is 5.13. The number of amides is 2. The third-order valence-corrected chi connectivity index (χ3v) is 2.97. The highest BCUT2D eigenvalue weighted by molar-refractivity contribution is 5.90. The predicted molar refractivity (Wildman–Crippen MR) is 58.7 cm³/mol. The number of carboxylic acids is 1. The fourth-order valence-electron chi connectivity index (χ4n) is 2.09. The van der Waals surface area contributed by atoms with E-state index in [1.165, 1.54) is 4.90 Å². The molecule has 1 rings (SSSR count). The summed E-state index contributed by atoms with van der Waals surface area (Å²) in [5.74, 6) is -2.36. The lowest BCUT2D eigenvalue weighted by molar-refractivity contribution is -0.150. The highest BCUT2D eigenvalue weighted by Gasteiger charge is 2.40. The third-order valence-electron chi connectivity index (χ3n) is 2.97. The number of carboxylic acid groups (broad SMARTS) is 1. The standard InChI is InChI=1S/C10H17N3O4/c1-5-2-3-13(8(5)10(16)17)9(15)6(11)4-7(12)14/h5-6,8H,2-4,11H2,1H3,(H2,12,14)(H,16,17). The van der Waals surface area contributed by atoms with Crippen molar-refractivity contribution in [3.05, 3.63) is 0 Å². The van der Waals surface area contributed by atoms with Gasteiger partial charge in [0.25, 0.3) is 0 Å². The van der Waals surface area contributed by atoms with Gasteiger partial charge in [0.2, 0.25) is 11.8 Å². The van der Waals surface area contributed by atoms with E-state index in [-0.39, 0.29) is 12.3 Å². The number of nitrogens with zero attached hydrogens (tertiary/aromatic N) is 1. The number of rotatable bonds is 4. The van der Waals surface area contributed by atoms with Crippen LogP contribution in [-0.4, -0.2) is 46.4 Å². The molecular formula is C10H17N3O4. The van der Waals surface area contributed by atoms with Crippen molar-refractivity contribution in [1.29, 1.82) is 0 Å². The first kappa shape index (κ1) is 13.4. The molecule has 0 aromatic carbocycles. The van der Waals surface area contributed by atoms with Gasteiger partial charge >= 0.3 is 5.97 Å². The van der Waals surface area contributed by atoms with Crippen molar-refractivity contribution in [1.82, 2.24) is 4.90 Å². The summed E-state index contributed by atoms with van der Waals surface area (Å²) in [6.45, 7) is 2.12. The monoisotopic (exact) mass is 243 g/mol. The quantitative estimate of drug-likeness (QED) is 0.554. The SMILES string of the molecule is CC1CCN(C(=O)C(N)CC(N)=O)C1C(=O)O. The van der Waals surface area contributed by atoms with E-state index in [1.54, 1.807) is 6.92 Å². The molecule has 0 spiro atoms. The Hall–Kier alpha value is -1.63. The normalized spacial score (nSPS) is 25.6. The fourth-order valence-corrected chi connectivity index (χ4v) is 2.09. The summed E-state index contributed by atoms with van der Waals surface area (Å²) in [5, 5.41) is 9.04. The summed E-state index contributed by atoms with van der Waals surface area (Å²) in [7, 11) is 0. The highest BCUT2D eigenvalue weighted by atomic mass is 16.4. The van der Waals surface area contributed by atoms with E-state index in [4.69, 9.17) is 16.6 Å². The molecule has 5 N–H and O–H groups in total. The van der Waals surface area contributed by atoms with Crippen LogP contribution in [0.5, 0.6) is 0 Å². The molecule has 1 fully saturated rings. The number of carbonyl (C=O) groups is 3. The lowest BCUT2D eigenvalue weighted by atomic mass is 10.0. The van der Waals surface area contributed by atoms with Crippen LogP contribution in [0.1, 0.15) is 19.8 Å². The van der Waals surface area contributed by atoms with Gasteiger partial charge in [-0.3, -0.25) is 9.59 Å². The Labute approximate surface area is 98.7 Å². The van der Waals surface area contributed by atoms with Crippen molar-refractivity contribution in [3.8, 4) is 0 Å². The summed E-state index contributed by atoms with van der Waals surface area (Å²) in [6, 6.07) is -1.92. The number of nitrogens with two attached hydrogens (primary N) is 2. The lowest BCUT2D eigenvalue weighted by Gasteiger charge is -2.25. The van der Waals surface area contributed by atoms with Crippen molar-refractivity contribution in [2.24, 2.45) is 17.4 Å². The molecule has 0 bridgehead atoms. The highest BCUT2D eigenvalue weighted by Crippen LogP contribution is 2.24. The second-order valence-electron chi connectivity index (χ2n) is 4.36. The van der Waals surface area contributed by atoms with Gasteiger partial charge in [-0.2, -0.15) is 0 Å². The van der Waals surface area contributed by atoms with E-state index in [0.717, 1.165) is 0 Å². The zero-order valence-corrected chi connectivity index (χ0v) is 9.63. The smallest absolute Gasteiger partial charge is 0.326 e. The molecule has 2 amide bonds. The maximum Gasteiger partial charge on any atom is 0.326 e. The zero-order valence-electron chi connectivity index (χ0n) is 9.63. The molecule has 3 unspecified atom stereocenters. The Morgan fingerprint density at radius 2 is 2.06 bits per heavy atom.